The Bertz CT molecular complexity index is 342. The van der Waals surface area contributed by atoms with Crippen LogP contribution in [-0.4, -0.2) is 39.0 Å². The Morgan fingerprint density at radius 2 is 1.83 bits per heavy atom. The highest BCUT2D eigenvalue weighted by atomic mass is 16.5. The molecule has 1 rings (SSSR count). The minimum absolute atomic E-state index is 0.275. The molecule has 0 aromatic heterocycles. The van der Waals surface area contributed by atoms with E-state index in [-0.39, 0.29) is 6.61 Å². The highest BCUT2D eigenvalue weighted by Gasteiger charge is 2.03. The van der Waals surface area contributed by atoms with E-state index >= 15 is 0 Å². The Balaban J connectivity index is 2.34. The average Bonchev–Trinajstić information content (AvgIpc) is 2.42. The summed E-state index contributed by atoms with van der Waals surface area (Å²) in [4.78, 5) is 0. The van der Waals surface area contributed by atoms with Crippen molar-refractivity contribution in [2.75, 3.05) is 33.9 Å². The van der Waals surface area contributed by atoms with E-state index in [9.17, 15) is 0 Å². The topological polar surface area (TPSA) is 50.7 Å². The zero-order valence-corrected chi connectivity index (χ0v) is 11.2. The molecule has 0 bridgehead atoms. The van der Waals surface area contributed by atoms with Crippen molar-refractivity contribution >= 4 is 0 Å². The Morgan fingerprint density at radius 1 is 1.06 bits per heavy atom. The van der Waals surface area contributed by atoms with E-state index in [2.05, 4.69) is 11.4 Å². The van der Waals surface area contributed by atoms with Crippen LogP contribution in [0.15, 0.2) is 18.2 Å². The molecular formula is C14H23NO3. The quantitative estimate of drug-likeness (QED) is 0.656. The van der Waals surface area contributed by atoms with Gasteiger partial charge in [0.25, 0.3) is 0 Å². The molecule has 4 nitrogen and oxygen atoms in total. The van der Waals surface area contributed by atoms with Gasteiger partial charge in [0.1, 0.15) is 0 Å². The van der Waals surface area contributed by atoms with E-state index in [0.29, 0.717) is 0 Å². The van der Waals surface area contributed by atoms with Gasteiger partial charge >= 0.3 is 0 Å². The van der Waals surface area contributed by atoms with Gasteiger partial charge in [0.15, 0.2) is 11.5 Å². The molecule has 0 heterocycles. The van der Waals surface area contributed by atoms with Crippen LogP contribution >= 0.6 is 0 Å². The summed E-state index contributed by atoms with van der Waals surface area (Å²) in [5.41, 5.74) is 1.22. The molecule has 0 amide bonds. The normalized spacial score (nSPS) is 10.4. The van der Waals surface area contributed by atoms with Crippen molar-refractivity contribution in [1.29, 1.82) is 0 Å². The van der Waals surface area contributed by atoms with Gasteiger partial charge in [-0.15, -0.1) is 0 Å². The number of methoxy groups -OCH3 is 2. The first-order chi connectivity index (χ1) is 8.81. The lowest BCUT2D eigenvalue weighted by Gasteiger charge is -2.10. The first-order valence-electron chi connectivity index (χ1n) is 6.34. The van der Waals surface area contributed by atoms with Crippen molar-refractivity contribution in [3.8, 4) is 11.5 Å². The molecule has 0 fully saturated rings. The maximum atomic E-state index is 8.65. The Morgan fingerprint density at radius 3 is 2.50 bits per heavy atom. The maximum absolute atomic E-state index is 8.65. The van der Waals surface area contributed by atoms with Gasteiger partial charge in [0.05, 0.1) is 14.2 Å². The summed E-state index contributed by atoms with van der Waals surface area (Å²) in [6, 6.07) is 5.99. The fraction of sp³-hybridized carbons (Fsp3) is 0.571. The molecule has 0 atom stereocenters. The average molecular weight is 253 g/mol. The van der Waals surface area contributed by atoms with Crippen LogP contribution in [0.1, 0.15) is 18.4 Å². The van der Waals surface area contributed by atoms with Gasteiger partial charge in [-0.05, 0) is 50.0 Å². The number of hydrogen-bond acceptors (Lipinski definition) is 4. The van der Waals surface area contributed by atoms with E-state index in [4.69, 9.17) is 14.6 Å². The molecule has 2 N–H and O–H groups in total. The number of hydrogen-bond donors (Lipinski definition) is 2. The molecule has 1 aromatic rings. The summed E-state index contributed by atoms with van der Waals surface area (Å²) < 4.78 is 10.5. The van der Waals surface area contributed by atoms with Gasteiger partial charge in [-0.2, -0.15) is 0 Å². The SMILES string of the molecule is COc1ccc(CCNCCCCO)cc1OC. The first kappa shape index (κ1) is 14.8. The van der Waals surface area contributed by atoms with Crippen LogP contribution in [0.3, 0.4) is 0 Å². The molecule has 0 saturated carbocycles. The summed E-state index contributed by atoms with van der Waals surface area (Å²) in [7, 11) is 3.29. The molecule has 0 unspecified atom stereocenters. The van der Waals surface area contributed by atoms with Crippen molar-refractivity contribution in [2.24, 2.45) is 0 Å². The van der Waals surface area contributed by atoms with Crippen LogP contribution < -0.4 is 14.8 Å². The fourth-order valence-electron chi connectivity index (χ4n) is 1.76. The first-order valence-corrected chi connectivity index (χ1v) is 6.34. The predicted molar refractivity (Wildman–Crippen MR) is 72.4 cm³/mol. The number of aliphatic hydroxyl groups is 1. The minimum atomic E-state index is 0.275. The third-order valence-corrected chi connectivity index (χ3v) is 2.80. The number of aliphatic hydroxyl groups excluding tert-OH is 1. The molecule has 0 spiro atoms. The molecule has 18 heavy (non-hydrogen) atoms. The lowest BCUT2D eigenvalue weighted by atomic mass is 10.1. The Hall–Kier alpha value is -1.26. The maximum Gasteiger partial charge on any atom is 0.160 e. The van der Waals surface area contributed by atoms with Crippen molar-refractivity contribution in [2.45, 2.75) is 19.3 Å². The zero-order valence-electron chi connectivity index (χ0n) is 11.2. The standard InChI is InChI=1S/C14H23NO3/c1-17-13-6-5-12(11-14(13)18-2)7-9-15-8-3-4-10-16/h5-6,11,15-16H,3-4,7-10H2,1-2H3. The Kier molecular flexibility index (Phi) is 7.22. The van der Waals surface area contributed by atoms with E-state index in [0.717, 1.165) is 43.9 Å². The molecule has 0 radical (unpaired) electrons. The second-order valence-corrected chi connectivity index (χ2v) is 4.12. The van der Waals surface area contributed by atoms with Gasteiger partial charge in [0, 0.05) is 6.61 Å². The van der Waals surface area contributed by atoms with Crippen LogP contribution in [0, 0.1) is 0 Å². The molecule has 0 saturated heterocycles. The van der Waals surface area contributed by atoms with E-state index in [1.807, 2.05) is 12.1 Å². The number of rotatable bonds is 9. The summed E-state index contributed by atoms with van der Waals surface area (Å²) >= 11 is 0. The summed E-state index contributed by atoms with van der Waals surface area (Å²) in [6.45, 7) is 2.16. The second-order valence-electron chi connectivity index (χ2n) is 4.12. The number of benzene rings is 1. The van der Waals surface area contributed by atoms with Gasteiger partial charge in [-0.1, -0.05) is 6.07 Å². The van der Waals surface area contributed by atoms with Gasteiger partial charge in [-0.25, -0.2) is 0 Å². The summed E-state index contributed by atoms with van der Waals surface area (Å²) in [5.74, 6) is 1.53. The Labute approximate surface area is 109 Å². The van der Waals surface area contributed by atoms with Crippen molar-refractivity contribution in [3.63, 3.8) is 0 Å². The van der Waals surface area contributed by atoms with Crippen LogP contribution in [0.25, 0.3) is 0 Å². The third kappa shape index (κ3) is 4.94. The predicted octanol–water partition coefficient (Wildman–Crippen LogP) is 1.61. The van der Waals surface area contributed by atoms with Crippen LogP contribution in [0.4, 0.5) is 0 Å². The molecule has 102 valence electrons. The lowest BCUT2D eigenvalue weighted by molar-refractivity contribution is 0.284. The van der Waals surface area contributed by atoms with Gasteiger partial charge < -0.3 is 19.9 Å². The van der Waals surface area contributed by atoms with Crippen molar-refractivity contribution in [1.82, 2.24) is 5.32 Å². The summed E-state index contributed by atoms with van der Waals surface area (Å²) in [6.07, 6.45) is 2.84. The highest BCUT2D eigenvalue weighted by Crippen LogP contribution is 2.27. The van der Waals surface area contributed by atoms with Crippen molar-refractivity contribution < 1.29 is 14.6 Å². The highest BCUT2D eigenvalue weighted by molar-refractivity contribution is 5.42. The smallest absolute Gasteiger partial charge is 0.160 e. The molecule has 0 aliphatic heterocycles. The largest absolute Gasteiger partial charge is 0.493 e. The van der Waals surface area contributed by atoms with E-state index in [1.54, 1.807) is 14.2 Å². The molecule has 1 aromatic carbocycles. The van der Waals surface area contributed by atoms with Gasteiger partial charge in [0.2, 0.25) is 0 Å². The molecule has 0 aliphatic carbocycles. The monoisotopic (exact) mass is 253 g/mol. The van der Waals surface area contributed by atoms with Crippen LogP contribution in [0.5, 0.6) is 11.5 Å². The number of ether oxygens (including phenoxy) is 2. The number of unbranched alkanes of at least 4 members (excludes halogenated alkanes) is 1. The van der Waals surface area contributed by atoms with Crippen molar-refractivity contribution in [3.05, 3.63) is 23.8 Å². The molecular weight excluding hydrogens is 230 g/mol. The fourth-order valence-corrected chi connectivity index (χ4v) is 1.76. The molecule has 4 heteroatoms. The zero-order chi connectivity index (χ0) is 13.2. The second kappa shape index (κ2) is 8.78. The number of nitrogens with one attached hydrogen (secondary N) is 1. The third-order valence-electron chi connectivity index (χ3n) is 2.80. The van der Waals surface area contributed by atoms with E-state index < -0.39 is 0 Å². The summed E-state index contributed by atoms with van der Waals surface area (Å²) in [5, 5.41) is 12.0. The minimum Gasteiger partial charge on any atom is -0.493 e. The van der Waals surface area contributed by atoms with E-state index in [1.165, 1.54) is 5.56 Å². The lowest BCUT2D eigenvalue weighted by Crippen LogP contribution is -2.18. The van der Waals surface area contributed by atoms with Crippen LogP contribution in [-0.2, 0) is 6.42 Å². The van der Waals surface area contributed by atoms with Crippen LogP contribution in [0.2, 0.25) is 0 Å². The van der Waals surface area contributed by atoms with Gasteiger partial charge in [-0.3, -0.25) is 0 Å². The molecule has 0 aliphatic rings.